The van der Waals surface area contributed by atoms with E-state index in [2.05, 4.69) is 15.3 Å². The van der Waals surface area contributed by atoms with Gasteiger partial charge in [0.1, 0.15) is 12.1 Å². The van der Waals surface area contributed by atoms with E-state index >= 15 is 0 Å². The molecule has 19 heavy (non-hydrogen) atoms. The van der Waals surface area contributed by atoms with E-state index in [0.29, 0.717) is 18.8 Å². The lowest BCUT2D eigenvalue weighted by molar-refractivity contribution is -0.129. The van der Waals surface area contributed by atoms with Crippen LogP contribution in [0.3, 0.4) is 0 Å². The second-order valence-electron chi connectivity index (χ2n) is 4.62. The Morgan fingerprint density at radius 3 is 2.84 bits per heavy atom. The van der Waals surface area contributed by atoms with Gasteiger partial charge in [-0.2, -0.15) is 0 Å². The highest BCUT2D eigenvalue weighted by molar-refractivity contribution is 5.77. The van der Waals surface area contributed by atoms with E-state index in [9.17, 15) is 4.79 Å². The number of nitrogens with zero attached hydrogens (tertiary/aromatic N) is 3. The van der Waals surface area contributed by atoms with Gasteiger partial charge in [0.25, 0.3) is 0 Å². The van der Waals surface area contributed by atoms with Crippen molar-refractivity contribution in [3.8, 4) is 5.88 Å². The molecule has 0 atom stereocenters. The molecular formula is C13H20N4O2. The number of rotatable bonds is 5. The van der Waals surface area contributed by atoms with E-state index in [1.54, 1.807) is 7.11 Å². The number of likely N-dealkylation sites (tertiary alicyclic amines) is 1. The van der Waals surface area contributed by atoms with E-state index < -0.39 is 0 Å². The Morgan fingerprint density at radius 2 is 2.16 bits per heavy atom. The summed E-state index contributed by atoms with van der Waals surface area (Å²) in [5.41, 5.74) is 0.860. The minimum absolute atomic E-state index is 0.212. The molecule has 1 fully saturated rings. The number of ether oxygens (including phenoxy) is 1. The largest absolute Gasteiger partial charge is 0.481 e. The second kappa shape index (κ2) is 6.36. The van der Waals surface area contributed by atoms with E-state index in [0.717, 1.165) is 37.3 Å². The number of amides is 1. The zero-order chi connectivity index (χ0) is 13.7. The minimum Gasteiger partial charge on any atom is -0.481 e. The van der Waals surface area contributed by atoms with Crippen molar-refractivity contribution in [2.24, 2.45) is 0 Å². The van der Waals surface area contributed by atoms with Gasteiger partial charge in [0.15, 0.2) is 0 Å². The maximum atomic E-state index is 11.9. The second-order valence-corrected chi connectivity index (χ2v) is 4.62. The number of hydrogen-bond acceptors (Lipinski definition) is 5. The number of hydrogen-bond donors (Lipinski definition) is 1. The summed E-state index contributed by atoms with van der Waals surface area (Å²) in [5.74, 6) is 1.49. The van der Waals surface area contributed by atoms with Crippen LogP contribution in [-0.4, -0.2) is 47.5 Å². The Balaban J connectivity index is 1.83. The normalized spacial score (nSPS) is 14.5. The third-order valence-corrected chi connectivity index (χ3v) is 3.32. The fraction of sp³-hybridized carbons (Fsp3) is 0.615. The van der Waals surface area contributed by atoms with Gasteiger partial charge < -0.3 is 15.0 Å². The molecule has 0 aliphatic carbocycles. The zero-order valence-corrected chi connectivity index (χ0v) is 11.5. The molecule has 1 saturated heterocycles. The van der Waals surface area contributed by atoms with Crippen molar-refractivity contribution in [2.45, 2.75) is 26.2 Å². The lowest BCUT2D eigenvalue weighted by atomic mass is 10.3. The van der Waals surface area contributed by atoms with Crippen molar-refractivity contribution in [1.29, 1.82) is 0 Å². The Bertz CT molecular complexity index is 444. The van der Waals surface area contributed by atoms with Crippen molar-refractivity contribution >= 4 is 11.7 Å². The molecule has 0 bridgehead atoms. The summed E-state index contributed by atoms with van der Waals surface area (Å²) in [6, 6.07) is 0. The van der Waals surface area contributed by atoms with Gasteiger partial charge in [0.05, 0.1) is 12.7 Å². The van der Waals surface area contributed by atoms with Crippen LogP contribution < -0.4 is 10.1 Å². The molecule has 1 aromatic rings. The van der Waals surface area contributed by atoms with Crippen molar-refractivity contribution in [3.63, 3.8) is 0 Å². The van der Waals surface area contributed by atoms with Crippen LogP contribution in [-0.2, 0) is 4.79 Å². The van der Waals surface area contributed by atoms with Gasteiger partial charge in [-0.15, -0.1) is 0 Å². The van der Waals surface area contributed by atoms with Crippen LogP contribution >= 0.6 is 0 Å². The molecule has 2 rings (SSSR count). The Morgan fingerprint density at radius 1 is 1.42 bits per heavy atom. The Labute approximate surface area is 113 Å². The van der Waals surface area contributed by atoms with Crippen molar-refractivity contribution < 1.29 is 9.53 Å². The number of methoxy groups -OCH3 is 1. The predicted octanol–water partition coefficient (Wildman–Crippen LogP) is 1.22. The molecule has 0 spiro atoms. The molecule has 0 aromatic carbocycles. The molecule has 104 valence electrons. The number of carbonyl (C=O) groups excluding carboxylic acids is 1. The van der Waals surface area contributed by atoms with Crippen LogP contribution in [0.2, 0.25) is 0 Å². The third-order valence-electron chi connectivity index (χ3n) is 3.32. The summed E-state index contributed by atoms with van der Waals surface area (Å²) < 4.78 is 5.13. The first-order valence-electron chi connectivity index (χ1n) is 6.59. The SMILES string of the molecule is COc1ncnc(NCCC(=O)N2CCCC2)c1C. The first-order chi connectivity index (χ1) is 9.22. The van der Waals surface area contributed by atoms with Gasteiger partial charge in [-0.3, -0.25) is 4.79 Å². The number of anilines is 1. The first-order valence-corrected chi connectivity index (χ1v) is 6.59. The Hall–Kier alpha value is -1.85. The minimum atomic E-state index is 0.212. The number of carbonyl (C=O) groups is 1. The molecule has 0 radical (unpaired) electrons. The van der Waals surface area contributed by atoms with E-state index in [1.807, 2.05) is 11.8 Å². The van der Waals surface area contributed by atoms with E-state index in [1.165, 1.54) is 6.33 Å². The van der Waals surface area contributed by atoms with Gasteiger partial charge >= 0.3 is 0 Å². The first kappa shape index (κ1) is 13.6. The molecule has 2 heterocycles. The molecule has 1 aliphatic heterocycles. The quantitative estimate of drug-likeness (QED) is 0.866. The smallest absolute Gasteiger partial charge is 0.224 e. The van der Waals surface area contributed by atoms with Crippen molar-refractivity contribution in [2.75, 3.05) is 32.1 Å². The average molecular weight is 264 g/mol. The number of aromatic nitrogens is 2. The summed E-state index contributed by atoms with van der Waals surface area (Å²) in [6.45, 7) is 4.28. The molecule has 6 nitrogen and oxygen atoms in total. The lowest BCUT2D eigenvalue weighted by Gasteiger charge is -2.15. The zero-order valence-electron chi connectivity index (χ0n) is 11.5. The Kier molecular flexibility index (Phi) is 4.54. The maximum Gasteiger partial charge on any atom is 0.224 e. The molecule has 1 aliphatic rings. The summed E-state index contributed by atoms with van der Waals surface area (Å²) in [6.07, 6.45) is 4.20. The summed E-state index contributed by atoms with van der Waals surface area (Å²) in [4.78, 5) is 22.0. The monoisotopic (exact) mass is 264 g/mol. The fourth-order valence-electron chi connectivity index (χ4n) is 2.23. The standard InChI is InChI=1S/C13H20N4O2/c1-10-12(15-9-16-13(10)19-2)14-6-5-11(18)17-7-3-4-8-17/h9H,3-8H2,1-2H3,(H,14,15,16). The summed E-state index contributed by atoms with van der Waals surface area (Å²) in [7, 11) is 1.58. The summed E-state index contributed by atoms with van der Waals surface area (Å²) >= 11 is 0. The molecule has 6 heteroatoms. The topological polar surface area (TPSA) is 67.4 Å². The number of nitrogens with one attached hydrogen (secondary N) is 1. The maximum absolute atomic E-state index is 11.9. The third kappa shape index (κ3) is 3.33. The van der Waals surface area contributed by atoms with E-state index in [-0.39, 0.29) is 5.91 Å². The average Bonchev–Trinajstić information content (AvgIpc) is 2.94. The lowest BCUT2D eigenvalue weighted by Crippen LogP contribution is -2.29. The van der Waals surface area contributed by atoms with Crippen molar-refractivity contribution in [1.82, 2.24) is 14.9 Å². The van der Waals surface area contributed by atoms with Gasteiger partial charge in [-0.1, -0.05) is 0 Å². The van der Waals surface area contributed by atoms with E-state index in [4.69, 9.17) is 4.74 Å². The van der Waals surface area contributed by atoms with Crippen LogP contribution in [0.25, 0.3) is 0 Å². The van der Waals surface area contributed by atoms with Gasteiger partial charge in [0.2, 0.25) is 11.8 Å². The fourth-order valence-corrected chi connectivity index (χ4v) is 2.23. The molecule has 1 aromatic heterocycles. The van der Waals surface area contributed by atoms with Crippen LogP contribution in [0, 0.1) is 6.92 Å². The predicted molar refractivity (Wildman–Crippen MR) is 72.2 cm³/mol. The molecular weight excluding hydrogens is 244 g/mol. The van der Waals surface area contributed by atoms with Gasteiger partial charge in [-0.05, 0) is 19.8 Å². The summed E-state index contributed by atoms with van der Waals surface area (Å²) in [5, 5.41) is 3.16. The highest BCUT2D eigenvalue weighted by atomic mass is 16.5. The van der Waals surface area contributed by atoms with Crippen molar-refractivity contribution in [3.05, 3.63) is 11.9 Å². The van der Waals surface area contributed by atoms with Crippen LogP contribution in [0.15, 0.2) is 6.33 Å². The van der Waals surface area contributed by atoms with Crippen LogP contribution in [0.1, 0.15) is 24.8 Å². The molecule has 1 N–H and O–H groups in total. The van der Waals surface area contributed by atoms with Gasteiger partial charge in [0, 0.05) is 26.1 Å². The van der Waals surface area contributed by atoms with Crippen LogP contribution in [0.5, 0.6) is 5.88 Å². The van der Waals surface area contributed by atoms with Gasteiger partial charge in [-0.25, -0.2) is 9.97 Å². The highest BCUT2D eigenvalue weighted by Gasteiger charge is 2.17. The molecule has 1 amide bonds. The highest BCUT2D eigenvalue weighted by Crippen LogP contribution is 2.19. The molecule has 0 saturated carbocycles. The molecule has 0 unspecified atom stereocenters. The van der Waals surface area contributed by atoms with Crippen LogP contribution in [0.4, 0.5) is 5.82 Å².